The maximum atomic E-state index is 13.2. The van der Waals surface area contributed by atoms with Crippen molar-refractivity contribution in [1.29, 1.82) is 0 Å². The van der Waals surface area contributed by atoms with E-state index < -0.39 is 0 Å². The second kappa shape index (κ2) is 8.92. The molecule has 1 amide bonds. The third-order valence-electron chi connectivity index (χ3n) is 6.32. The lowest BCUT2D eigenvalue weighted by molar-refractivity contribution is -0.124. The summed E-state index contributed by atoms with van der Waals surface area (Å²) >= 11 is 0. The van der Waals surface area contributed by atoms with Crippen molar-refractivity contribution in [2.45, 2.75) is 39.2 Å². The summed E-state index contributed by atoms with van der Waals surface area (Å²) in [6.07, 6.45) is 4.69. The Morgan fingerprint density at radius 1 is 1.16 bits per heavy atom. The van der Waals surface area contributed by atoms with Crippen LogP contribution in [0.5, 0.6) is 5.75 Å². The predicted octanol–water partition coefficient (Wildman–Crippen LogP) is 4.92. The van der Waals surface area contributed by atoms with E-state index in [9.17, 15) is 14.0 Å². The first kappa shape index (κ1) is 21.1. The van der Waals surface area contributed by atoms with Crippen molar-refractivity contribution in [1.82, 2.24) is 5.32 Å². The van der Waals surface area contributed by atoms with Gasteiger partial charge in [0.2, 0.25) is 0 Å². The Hall–Kier alpha value is -3.15. The van der Waals surface area contributed by atoms with Crippen LogP contribution in [0.4, 0.5) is 4.39 Å². The maximum Gasteiger partial charge on any atom is 0.258 e. The molecule has 0 saturated heterocycles. The fourth-order valence-electron chi connectivity index (χ4n) is 4.21. The summed E-state index contributed by atoms with van der Waals surface area (Å²) in [5.74, 6) is 0.975. The predicted molar refractivity (Wildman–Crippen MR) is 117 cm³/mol. The second-order valence-corrected chi connectivity index (χ2v) is 8.37. The molecule has 0 spiro atoms. The molecule has 1 aliphatic carbocycles. The molecule has 3 atom stereocenters. The van der Waals surface area contributed by atoms with Crippen LogP contribution in [0.2, 0.25) is 0 Å². The van der Waals surface area contributed by atoms with Gasteiger partial charge in [-0.15, -0.1) is 0 Å². The minimum absolute atomic E-state index is 0.0962. The third-order valence-corrected chi connectivity index (χ3v) is 6.32. The highest BCUT2D eigenvalue weighted by atomic mass is 19.1. The number of halogens is 1. The minimum Gasteiger partial charge on any atom is -0.484 e. The number of amides is 1. The summed E-state index contributed by atoms with van der Waals surface area (Å²) in [5.41, 5.74) is 1.10. The Bertz CT molecular complexity index is 1140. The van der Waals surface area contributed by atoms with E-state index in [1.807, 2.05) is 0 Å². The van der Waals surface area contributed by atoms with Gasteiger partial charge in [-0.3, -0.25) is 9.59 Å². The smallest absolute Gasteiger partial charge is 0.258 e. The third kappa shape index (κ3) is 4.63. The number of ether oxygens (including phenoxy) is 1. The Morgan fingerprint density at radius 2 is 1.94 bits per heavy atom. The van der Waals surface area contributed by atoms with Crippen LogP contribution in [0.25, 0.3) is 22.1 Å². The molecule has 1 aromatic heterocycles. The quantitative estimate of drug-likeness (QED) is 0.633. The molecule has 1 heterocycles. The molecular formula is C25H26FNO4. The standard InChI is InChI=1S/C25H26FNO4/c1-15-4-3-5-22(16(15)2)27-24(28)14-30-19-10-11-20-23(12-19)31-13-21(25(20)29)17-6-8-18(26)9-7-17/h6-13,15-16,22H,3-5,14H2,1-2H3,(H,27,28)/t15-,16+,22-/m1/s1. The van der Waals surface area contributed by atoms with Gasteiger partial charge in [0.25, 0.3) is 5.91 Å². The van der Waals surface area contributed by atoms with Crippen LogP contribution in [0.3, 0.4) is 0 Å². The molecule has 162 valence electrons. The number of nitrogens with one attached hydrogen (secondary N) is 1. The number of benzene rings is 2. The van der Waals surface area contributed by atoms with Crippen molar-refractivity contribution in [3.05, 3.63) is 64.8 Å². The first-order chi connectivity index (χ1) is 14.9. The van der Waals surface area contributed by atoms with Gasteiger partial charge in [0.1, 0.15) is 23.4 Å². The zero-order valence-corrected chi connectivity index (χ0v) is 17.7. The largest absolute Gasteiger partial charge is 0.484 e. The number of fused-ring (bicyclic) bond motifs is 1. The molecule has 1 aliphatic rings. The van der Waals surface area contributed by atoms with Crippen LogP contribution < -0.4 is 15.5 Å². The van der Waals surface area contributed by atoms with E-state index in [0.717, 1.165) is 12.8 Å². The lowest BCUT2D eigenvalue weighted by atomic mass is 9.78. The van der Waals surface area contributed by atoms with E-state index in [-0.39, 0.29) is 29.8 Å². The molecule has 31 heavy (non-hydrogen) atoms. The van der Waals surface area contributed by atoms with Gasteiger partial charge >= 0.3 is 0 Å². The summed E-state index contributed by atoms with van der Waals surface area (Å²) in [7, 11) is 0. The van der Waals surface area contributed by atoms with Crippen molar-refractivity contribution in [2.75, 3.05) is 6.61 Å². The van der Waals surface area contributed by atoms with Crippen molar-refractivity contribution in [2.24, 2.45) is 11.8 Å². The molecule has 0 unspecified atom stereocenters. The SMILES string of the molecule is C[C@H]1[C@H](C)CCC[C@H]1NC(=O)COc1ccc2c(=O)c(-c3ccc(F)cc3)coc2c1. The summed E-state index contributed by atoms with van der Waals surface area (Å²) in [4.78, 5) is 25.2. The highest BCUT2D eigenvalue weighted by Crippen LogP contribution is 2.29. The molecule has 5 nitrogen and oxygen atoms in total. The van der Waals surface area contributed by atoms with Gasteiger partial charge in [-0.2, -0.15) is 0 Å². The van der Waals surface area contributed by atoms with Gasteiger partial charge in [-0.05, 0) is 48.1 Å². The molecule has 1 N–H and O–H groups in total. The highest BCUT2D eigenvalue weighted by Gasteiger charge is 2.28. The van der Waals surface area contributed by atoms with E-state index in [1.54, 1.807) is 18.2 Å². The van der Waals surface area contributed by atoms with Crippen LogP contribution in [0, 0.1) is 17.7 Å². The summed E-state index contributed by atoms with van der Waals surface area (Å²) in [5, 5.41) is 3.47. The molecule has 1 saturated carbocycles. The van der Waals surface area contributed by atoms with Gasteiger partial charge < -0.3 is 14.5 Å². The molecule has 0 aliphatic heterocycles. The van der Waals surface area contributed by atoms with Crippen molar-refractivity contribution < 1.29 is 18.3 Å². The molecule has 3 aromatic rings. The lowest BCUT2D eigenvalue weighted by Crippen LogP contribution is -2.45. The van der Waals surface area contributed by atoms with Gasteiger partial charge in [0.05, 0.1) is 10.9 Å². The van der Waals surface area contributed by atoms with E-state index in [2.05, 4.69) is 19.2 Å². The highest BCUT2D eigenvalue weighted by molar-refractivity contribution is 5.83. The van der Waals surface area contributed by atoms with E-state index in [0.29, 0.717) is 39.7 Å². The van der Waals surface area contributed by atoms with Crippen LogP contribution in [-0.4, -0.2) is 18.6 Å². The Balaban J connectivity index is 1.44. The van der Waals surface area contributed by atoms with Crippen LogP contribution in [0.15, 0.2) is 57.9 Å². The van der Waals surface area contributed by atoms with Gasteiger partial charge in [0.15, 0.2) is 12.0 Å². The zero-order chi connectivity index (χ0) is 22.0. The first-order valence-electron chi connectivity index (χ1n) is 10.7. The molecule has 1 fully saturated rings. The first-order valence-corrected chi connectivity index (χ1v) is 10.7. The molecular weight excluding hydrogens is 397 g/mol. The Morgan fingerprint density at radius 3 is 2.71 bits per heavy atom. The van der Waals surface area contributed by atoms with Crippen molar-refractivity contribution in [3.8, 4) is 16.9 Å². The normalized spacial score (nSPS) is 21.1. The lowest BCUT2D eigenvalue weighted by Gasteiger charge is -2.34. The number of rotatable bonds is 5. The average Bonchev–Trinajstić information content (AvgIpc) is 2.76. The fraction of sp³-hybridized carbons (Fsp3) is 0.360. The van der Waals surface area contributed by atoms with Crippen LogP contribution in [0.1, 0.15) is 33.1 Å². The average molecular weight is 423 g/mol. The summed E-state index contributed by atoms with van der Waals surface area (Å²) in [6, 6.07) is 10.7. The second-order valence-electron chi connectivity index (χ2n) is 8.37. The number of hydrogen-bond acceptors (Lipinski definition) is 4. The number of hydrogen-bond donors (Lipinski definition) is 1. The van der Waals surface area contributed by atoms with Gasteiger partial charge in [0, 0.05) is 12.1 Å². The molecule has 0 radical (unpaired) electrons. The van der Waals surface area contributed by atoms with E-state index >= 15 is 0 Å². The van der Waals surface area contributed by atoms with Crippen molar-refractivity contribution in [3.63, 3.8) is 0 Å². The van der Waals surface area contributed by atoms with E-state index in [1.165, 1.54) is 36.9 Å². The van der Waals surface area contributed by atoms with Crippen LogP contribution in [-0.2, 0) is 4.79 Å². The number of carbonyl (C=O) groups is 1. The fourth-order valence-corrected chi connectivity index (χ4v) is 4.21. The van der Waals surface area contributed by atoms with Gasteiger partial charge in [-0.25, -0.2) is 4.39 Å². The summed E-state index contributed by atoms with van der Waals surface area (Å²) < 4.78 is 24.4. The van der Waals surface area contributed by atoms with Crippen LogP contribution >= 0.6 is 0 Å². The molecule has 2 aromatic carbocycles. The number of carbonyl (C=O) groups excluding carboxylic acids is 1. The molecule has 6 heteroatoms. The van der Waals surface area contributed by atoms with Gasteiger partial charge in [-0.1, -0.05) is 38.8 Å². The Kier molecular flexibility index (Phi) is 6.07. The monoisotopic (exact) mass is 423 g/mol. The minimum atomic E-state index is -0.368. The maximum absolute atomic E-state index is 13.2. The topological polar surface area (TPSA) is 68.5 Å². The van der Waals surface area contributed by atoms with Crippen molar-refractivity contribution >= 4 is 16.9 Å². The zero-order valence-electron chi connectivity index (χ0n) is 17.7. The Labute approximate surface area is 180 Å². The molecule has 0 bridgehead atoms. The summed E-state index contributed by atoms with van der Waals surface area (Å²) in [6.45, 7) is 4.31. The molecule has 4 rings (SSSR count). The van der Waals surface area contributed by atoms with E-state index in [4.69, 9.17) is 9.15 Å².